The van der Waals surface area contributed by atoms with E-state index >= 15 is 0 Å². The summed E-state index contributed by atoms with van der Waals surface area (Å²) in [5, 5.41) is 1.05. The number of aromatic nitrogens is 2. The van der Waals surface area contributed by atoms with Crippen molar-refractivity contribution in [3.05, 3.63) is 39.4 Å². The van der Waals surface area contributed by atoms with E-state index in [-0.39, 0.29) is 23.4 Å². The van der Waals surface area contributed by atoms with E-state index in [1.54, 1.807) is 29.8 Å². The fourth-order valence-corrected chi connectivity index (χ4v) is 3.72. The van der Waals surface area contributed by atoms with E-state index in [0.29, 0.717) is 41.3 Å². The van der Waals surface area contributed by atoms with Crippen LogP contribution in [0.5, 0.6) is 0 Å². The predicted molar refractivity (Wildman–Crippen MR) is 119 cm³/mol. The highest BCUT2D eigenvalue weighted by atomic mass is 35.5. The highest BCUT2D eigenvalue weighted by Gasteiger charge is 2.25. The van der Waals surface area contributed by atoms with Crippen molar-refractivity contribution in [2.75, 3.05) is 13.1 Å². The van der Waals surface area contributed by atoms with Gasteiger partial charge in [0.15, 0.2) is 0 Å². The number of benzene rings is 1. The first-order chi connectivity index (χ1) is 13.8. The van der Waals surface area contributed by atoms with Crippen LogP contribution in [0, 0.1) is 5.92 Å². The van der Waals surface area contributed by atoms with Gasteiger partial charge >= 0.3 is 0 Å². The van der Waals surface area contributed by atoms with Gasteiger partial charge < -0.3 is 10.6 Å². The average Bonchev–Trinajstić information content (AvgIpc) is 2.66. The predicted octanol–water partition coefficient (Wildman–Crippen LogP) is 4.04. The van der Waals surface area contributed by atoms with Crippen LogP contribution < -0.4 is 11.3 Å². The van der Waals surface area contributed by atoms with Gasteiger partial charge in [-0.2, -0.15) is 0 Å². The van der Waals surface area contributed by atoms with Crippen LogP contribution in [0.15, 0.2) is 23.0 Å². The van der Waals surface area contributed by atoms with E-state index in [2.05, 4.69) is 0 Å². The lowest BCUT2D eigenvalue weighted by molar-refractivity contribution is -0.134. The number of nitrogens with zero attached hydrogens (tertiary/aromatic N) is 3. The summed E-state index contributed by atoms with van der Waals surface area (Å²) in [5.74, 6) is 0.928. The number of halogens is 1. The van der Waals surface area contributed by atoms with Crippen molar-refractivity contribution in [2.45, 2.75) is 58.9 Å². The monoisotopic (exact) mass is 420 g/mol. The summed E-state index contributed by atoms with van der Waals surface area (Å²) in [7, 11) is 1.71. The van der Waals surface area contributed by atoms with Gasteiger partial charge in [0, 0.05) is 25.0 Å². The Morgan fingerprint density at radius 3 is 2.55 bits per heavy atom. The molecule has 0 fully saturated rings. The number of hydrogen-bond donors (Lipinski definition) is 1. The highest BCUT2D eigenvalue weighted by molar-refractivity contribution is 6.31. The number of nitrogens with two attached hydrogens (primary N) is 1. The zero-order valence-corrected chi connectivity index (χ0v) is 18.7. The molecule has 7 heteroatoms. The van der Waals surface area contributed by atoms with Crippen LogP contribution in [-0.4, -0.2) is 33.4 Å². The molecule has 29 heavy (non-hydrogen) atoms. The Hall–Kier alpha value is -1.92. The van der Waals surface area contributed by atoms with Crippen molar-refractivity contribution in [2.24, 2.45) is 18.7 Å². The summed E-state index contributed by atoms with van der Waals surface area (Å²) < 4.78 is 1.55. The third-order valence-corrected chi connectivity index (χ3v) is 5.41. The Labute approximate surface area is 178 Å². The summed E-state index contributed by atoms with van der Waals surface area (Å²) >= 11 is 6.10. The molecule has 0 aliphatic carbocycles. The van der Waals surface area contributed by atoms with Crippen LogP contribution in [-0.2, 0) is 11.8 Å². The molecule has 1 heterocycles. The molecule has 2 rings (SSSR count). The first-order valence-corrected chi connectivity index (χ1v) is 10.8. The SMILES string of the molecule is CC(C)CC(=O)N(CCCCCCN)C(C)c1nc2cc(Cl)ccc2c(=O)n1C. The maximum Gasteiger partial charge on any atom is 0.261 e. The van der Waals surface area contributed by atoms with E-state index in [1.807, 2.05) is 25.7 Å². The number of rotatable bonds is 10. The smallest absolute Gasteiger partial charge is 0.261 e. The van der Waals surface area contributed by atoms with Gasteiger partial charge in [-0.3, -0.25) is 14.2 Å². The van der Waals surface area contributed by atoms with E-state index < -0.39 is 0 Å². The van der Waals surface area contributed by atoms with Crippen molar-refractivity contribution in [1.82, 2.24) is 14.5 Å². The van der Waals surface area contributed by atoms with Gasteiger partial charge in [-0.1, -0.05) is 38.3 Å². The lowest BCUT2D eigenvalue weighted by Gasteiger charge is -2.30. The zero-order valence-electron chi connectivity index (χ0n) is 17.9. The lowest BCUT2D eigenvalue weighted by atomic mass is 10.1. The van der Waals surface area contributed by atoms with Gasteiger partial charge in [-0.15, -0.1) is 0 Å². The Morgan fingerprint density at radius 1 is 1.21 bits per heavy atom. The Balaban J connectivity index is 2.35. The van der Waals surface area contributed by atoms with Gasteiger partial charge in [0.2, 0.25) is 5.91 Å². The van der Waals surface area contributed by atoms with Gasteiger partial charge in [-0.05, 0) is 50.4 Å². The fraction of sp³-hybridized carbons (Fsp3) is 0.591. The van der Waals surface area contributed by atoms with Crippen LogP contribution in [0.4, 0.5) is 0 Å². The molecule has 0 bridgehead atoms. The number of fused-ring (bicyclic) bond motifs is 1. The van der Waals surface area contributed by atoms with Crippen molar-refractivity contribution in [3.8, 4) is 0 Å². The van der Waals surface area contributed by atoms with E-state index in [9.17, 15) is 9.59 Å². The molecule has 1 amide bonds. The number of amides is 1. The molecular formula is C22H33ClN4O2. The van der Waals surface area contributed by atoms with Crippen LogP contribution in [0.3, 0.4) is 0 Å². The first kappa shape index (κ1) is 23.4. The first-order valence-electron chi connectivity index (χ1n) is 10.4. The Kier molecular flexibility index (Phi) is 8.65. The summed E-state index contributed by atoms with van der Waals surface area (Å²) in [5.41, 5.74) is 6.00. The van der Waals surface area contributed by atoms with Crippen LogP contribution in [0.25, 0.3) is 10.9 Å². The molecule has 6 nitrogen and oxygen atoms in total. The number of carbonyl (C=O) groups excluding carboxylic acids is 1. The maximum atomic E-state index is 13.0. The Morgan fingerprint density at radius 2 is 1.90 bits per heavy atom. The van der Waals surface area contributed by atoms with Gasteiger partial charge in [0.25, 0.3) is 5.56 Å². The summed E-state index contributed by atoms with van der Waals surface area (Å²) in [4.78, 5) is 32.4. The molecular weight excluding hydrogens is 388 g/mol. The third kappa shape index (κ3) is 6.03. The van der Waals surface area contributed by atoms with E-state index in [1.165, 1.54) is 0 Å². The summed E-state index contributed by atoms with van der Waals surface area (Å²) in [6, 6.07) is 4.77. The molecule has 0 aliphatic heterocycles. The molecule has 1 atom stereocenters. The van der Waals surface area contributed by atoms with Crippen LogP contribution in [0.2, 0.25) is 5.02 Å². The van der Waals surface area contributed by atoms with E-state index in [4.69, 9.17) is 22.3 Å². The van der Waals surface area contributed by atoms with Crippen LogP contribution >= 0.6 is 11.6 Å². The number of unbranched alkanes of at least 4 members (excludes halogenated alkanes) is 3. The second-order valence-corrected chi connectivity index (χ2v) is 8.50. The second-order valence-electron chi connectivity index (χ2n) is 8.06. The van der Waals surface area contributed by atoms with Crippen molar-refractivity contribution < 1.29 is 4.79 Å². The fourth-order valence-electron chi connectivity index (χ4n) is 3.56. The Bertz CT molecular complexity index is 894. The molecule has 1 aromatic carbocycles. The van der Waals surface area contributed by atoms with E-state index in [0.717, 1.165) is 25.7 Å². The summed E-state index contributed by atoms with van der Waals surface area (Å²) in [6.07, 6.45) is 4.45. The third-order valence-electron chi connectivity index (χ3n) is 5.17. The topological polar surface area (TPSA) is 81.2 Å². The minimum absolute atomic E-state index is 0.0896. The molecule has 0 saturated carbocycles. The minimum Gasteiger partial charge on any atom is -0.333 e. The van der Waals surface area contributed by atoms with Gasteiger partial charge in [0.05, 0.1) is 16.9 Å². The largest absolute Gasteiger partial charge is 0.333 e. The molecule has 1 aromatic heterocycles. The van der Waals surface area contributed by atoms with Crippen molar-refractivity contribution >= 4 is 28.4 Å². The number of carbonyl (C=O) groups is 1. The molecule has 160 valence electrons. The quantitative estimate of drug-likeness (QED) is 0.588. The standard InChI is InChI=1S/C22H33ClN4O2/c1-15(2)13-20(28)27(12-8-6-5-7-11-24)16(3)21-25-19-14-17(23)9-10-18(19)22(29)26(21)4/h9-10,14-16H,5-8,11-13,24H2,1-4H3. The van der Waals surface area contributed by atoms with Gasteiger partial charge in [0.1, 0.15) is 5.82 Å². The molecule has 0 saturated heterocycles. The molecule has 2 aromatic rings. The van der Waals surface area contributed by atoms with Gasteiger partial charge in [-0.25, -0.2) is 4.98 Å². The average molecular weight is 421 g/mol. The molecule has 1 unspecified atom stereocenters. The van der Waals surface area contributed by atoms with Crippen molar-refractivity contribution in [1.29, 1.82) is 0 Å². The normalized spacial score (nSPS) is 12.5. The lowest BCUT2D eigenvalue weighted by Crippen LogP contribution is -2.38. The zero-order chi connectivity index (χ0) is 21.6. The van der Waals surface area contributed by atoms with Crippen molar-refractivity contribution in [3.63, 3.8) is 0 Å². The number of hydrogen-bond acceptors (Lipinski definition) is 4. The molecule has 0 aliphatic rings. The molecule has 2 N–H and O–H groups in total. The second kappa shape index (κ2) is 10.7. The minimum atomic E-state index is -0.308. The van der Waals surface area contributed by atoms with Crippen LogP contribution in [0.1, 0.15) is 64.7 Å². The molecule has 0 radical (unpaired) electrons. The summed E-state index contributed by atoms with van der Waals surface area (Å²) in [6.45, 7) is 7.34. The maximum absolute atomic E-state index is 13.0. The molecule has 0 spiro atoms. The highest BCUT2D eigenvalue weighted by Crippen LogP contribution is 2.23.